The number of amides is 1. The molecule has 86 valence electrons. The number of carbonyl (C=O) groups excluding carboxylic acids is 1. The third kappa shape index (κ3) is 2.25. The lowest BCUT2D eigenvalue weighted by Gasteiger charge is -2.18. The molecule has 0 radical (unpaired) electrons. The van der Waals surface area contributed by atoms with E-state index in [-0.39, 0.29) is 5.91 Å². The number of carbonyl (C=O) groups is 1. The Hall–Kier alpha value is -1.35. The molecular weight excluding hydrogens is 200 g/mol. The van der Waals surface area contributed by atoms with Crippen LogP contribution in [0.2, 0.25) is 0 Å². The zero-order chi connectivity index (χ0) is 11.5. The average molecular weight is 218 g/mol. The maximum Gasteiger partial charge on any atom is 0.231 e. The summed E-state index contributed by atoms with van der Waals surface area (Å²) in [6.07, 6.45) is 1.59. The van der Waals surface area contributed by atoms with Gasteiger partial charge in [0.2, 0.25) is 5.91 Å². The van der Waals surface area contributed by atoms with Crippen molar-refractivity contribution in [2.75, 3.05) is 32.1 Å². The van der Waals surface area contributed by atoms with E-state index in [1.54, 1.807) is 0 Å². The van der Waals surface area contributed by atoms with E-state index in [0.29, 0.717) is 6.42 Å². The van der Waals surface area contributed by atoms with Gasteiger partial charge in [-0.05, 0) is 38.7 Å². The van der Waals surface area contributed by atoms with E-state index in [9.17, 15) is 4.79 Å². The molecule has 3 nitrogen and oxygen atoms in total. The molecule has 0 bridgehead atoms. The molecule has 0 saturated carbocycles. The maximum absolute atomic E-state index is 11.8. The van der Waals surface area contributed by atoms with Gasteiger partial charge in [0.05, 0.1) is 6.42 Å². The van der Waals surface area contributed by atoms with E-state index in [1.165, 1.54) is 0 Å². The molecule has 1 aliphatic heterocycles. The molecule has 0 atom stereocenters. The fourth-order valence-corrected chi connectivity index (χ4v) is 2.11. The van der Waals surface area contributed by atoms with Gasteiger partial charge in [-0.15, -0.1) is 0 Å². The van der Waals surface area contributed by atoms with E-state index in [4.69, 9.17) is 0 Å². The van der Waals surface area contributed by atoms with Crippen LogP contribution in [0.4, 0.5) is 5.69 Å². The zero-order valence-corrected chi connectivity index (χ0v) is 9.94. The van der Waals surface area contributed by atoms with Crippen LogP contribution in [0.1, 0.15) is 12.0 Å². The van der Waals surface area contributed by atoms with Gasteiger partial charge < -0.3 is 9.80 Å². The molecule has 1 heterocycles. The van der Waals surface area contributed by atoms with E-state index in [2.05, 4.69) is 19.0 Å². The van der Waals surface area contributed by atoms with Gasteiger partial charge in [0.25, 0.3) is 0 Å². The lowest BCUT2D eigenvalue weighted by molar-refractivity contribution is -0.117. The summed E-state index contributed by atoms with van der Waals surface area (Å²) < 4.78 is 0. The Morgan fingerprint density at radius 3 is 2.81 bits per heavy atom. The van der Waals surface area contributed by atoms with Crippen molar-refractivity contribution >= 4 is 11.6 Å². The van der Waals surface area contributed by atoms with Crippen LogP contribution in [0.15, 0.2) is 24.3 Å². The molecule has 0 fully saturated rings. The monoisotopic (exact) mass is 218 g/mol. The molecule has 2 rings (SSSR count). The Morgan fingerprint density at radius 1 is 1.31 bits per heavy atom. The van der Waals surface area contributed by atoms with Crippen LogP contribution in [0.5, 0.6) is 0 Å². The highest BCUT2D eigenvalue weighted by atomic mass is 16.2. The first-order valence-electron chi connectivity index (χ1n) is 5.71. The molecule has 0 N–H and O–H groups in total. The van der Waals surface area contributed by atoms with Crippen LogP contribution in [0.3, 0.4) is 0 Å². The van der Waals surface area contributed by atoms with Crippen molar-refractivity contribution in [3.8, 4) is 0 Å². The SMILES string of the molecule is CN(C)CCCN1C(=O)Cc2ccccc21. The summed E-state index contributed by atoms with van der Waals surface area (Å²) >= 11 is 0. The Labute approximate surface area is 96.7 Å². The van der Waals surface area contributed by atoms with Crippen molar-refractivity contribution in [2.24, 2.45) is 0 Å². The second-order valence-corrected chi connectivity index (χ2v) is 4.51. The Morgan fingerprint density at radius 2 is 2.06 bits per heavy atom. The molecular formula is C13H18N2O. The molecule has 1 aliphatic rings. The number of anilines is 1. The van der Waals surface area contributed by atoms with Crippen molar-refractivity contribution in [3.63, 3.8) is 0 Å². The van der Waals surface area contributed by atoms with Gasteiger partial charge in [-0.25, -0.2) is 0 Å². The summed E-state index contributed by atoms with van der Waals surface area (Å²) in [5, 5.41) is 0. The van der Waals surface area contributed by atoms with Crippen molar-refractivity contribution in [3.05, 3.63) is 29.8 Å². The van der Waals surface area contributed by atoms with Gasteiger partial charge in [0.15, 0.2) is 0 Å². The van der Waals surface area contributed by atoms with Gasteiger partial charge in [0, 0.05) is 12.2 Å². The Kier molecular flexibility index (Phi) is 3.25. The zero-order valence-electron chi connectivity index (χ0n) is 9.94. The Bertz CT molecular complexity index is 387. The van der Waals surface area contributed by atoms with Crippen LogP contribution < -0.4 is 4.90 Å². The lowest BCUT2D eigenvalue weighted by Crippen LogP contribution is -2.29. The quantitative estimate of drug-likeness (QED) is 0.765. The van der Waals surface area contributed by atoms with E-state index in [0.717, 1.165) is 30.8 Å². The highest BCUT2D eigenvalue weighted by Gasteiger charge is 2.25. The van der Waals surface area contributed by atoms with Gasteiger partial charge in [-0.3, -0.25) is 4.79 Å². The third-order valence-electron chi connectivity index (χ3n) is 2.91. The number of para-hydroxylation sites is 1. The van der Waals surface area contributed by atoms with Gasteiger partial charge >= 0.3 is 0 Å². The number of benzene rings is 1. The third-order valence-corrected chi connectivity index (χ3v) is 2.91. The van der Waals surface area contributed by atoms with E-state index >= 15 is 0 Å². The fourth-order valence-electron chi connectivity index (χ4n) is 2.11. The molecule has 3 heteroatoms. The summed E-state index contributed by atoms with van der Waals surface area (Å²) in [6.45, 7) is 1.85. The minimum absolute atomic E-state index is 0.236. The minimum atomic E-state index is 0.236. The lowest BCUT2D eigenvalue weighted by atomic mass is 10.2. The highest BCUT2D eigenvalue weighted by molar-refractivity contribution is 6.01. The van der Waals surface area contributed by atoms with Crippen molar-refractivity contribution < 1.29 is 4.79 Å². The molecule has 0 saturated heterocycles. The summed E-state index contributed by atoms with van der Waals surface area (Å²) in [4.78, 5) is 15.9. The fraction of sp³-hybridized carbons (Fsp3) is 0.462. The van der Waals surface area contributed by atoms with Crippen LogP contribution in [-0.4, -0.2) is 38.0 Å². The minimum Gasteiger partial charge on any atom is -0.312 e. The molecule has 0 unspecified atom stereocenters. The van der Waals surface area contributed by atoms with E-state index < -0.39 is 0 Å². The molecule has 0 aromatic heterocycles. The molecule has 1 aromatic carbocycles. The smallest absolute Gasteiger partial charge is 0.231 e. The molecule has 0 spiro atoms. The normalized spacial score (nSPS) is 14.7. The second-order valence-electron chi connectivity index (χ2n) is 4.51. The van der Waals surface area contributed by atoms with Gasteiger partial charge in [-0.1, -0.05) is 18.2 Å². The highest BCUT2D eigenvalue weighted by Crippen LogP contribution is 2.28. The number of nitrogens with zero attached hydrogens (tertiary/aromatic N) is 2. The standard InChI is InChI=1S/C13H18N2O/c1-14(2)8-5-9-15-12-7-4-3-6-11(12)10-13(15)16/h3-4,6-7H,5,8-10H2,1-2H3. The molecule has 1 aromatic rings. The van der Waals surface area contributed by atoms with Crippen molar-refractivity contribution in [1.29, 1.82) is 0 Å². The number of fused-ring (bicyclic) bond motifs is 1. The predicted octanol–water partition coefficient (Wildman–Crippen LogP) is 1.53. The topological polar surface area (TPSA) is 23.6 Å². The van der Waals surface area contributed by atoms with Gasteiger partial charge in [-0.2, -0.15) is 0 Å². The first-order valence-corrected chi connectivity index (χ1v) is 5.71. The number of rotatable bonds is 4. The largest absolute Gasteiger partial charge is 0.312 e. The van der Waals surface area contributed by atoms with Gasteiger partial charge in [0.1, 0.15) is 0 Å². The van der Waals surface area contributed by atoms with Crippen molar-refractivity contribution in [1.82, 2.24) is 4.90 Å². The first kappa shape index (κ1) is 11.1. The van der Waals surface area contributed by atoms with Crippen LogP contribution in [0.25, 0.3) is 0 Å². The Balaban J connectivity index is 2.02. The predicted molar refractivity (Wildman–Crippen MR) is 65.7 cm³/mol. The first-order chi connectivity index (χ1) is 7.68. The summed E-state index contributed by atoms with van der Waals surface area (Å²) in [7, 11) is 4.11. The maximum atomic E-state index is 11.8. The summed E-state index contributed by atoms with van der Waals surface area (Å²) in [5.41, 5.74) is 2.27. The number of hydrogen-bond donors (Lipinski definition) is 0. The van der Waals surface area contributed by atoms with Crippen molar-refractivity contribution in [2.45, 2.75) is 12.8 Å². The summed E-state index contributed by atoms with van der Waals surface area (Å²) in [5.74, 6) is 0.236. The van der Waals surface area contributed by atoms with Crippen LogP contribution in [-0.2, 0) is 11.2 Å². The summed E-state index contributed by atoms with van der Waals surface area (Å²) in [6, 6.07) is 8.07. The molecule has 0 aliphatic carbocycles. The second kappa shape index (κ2) is 4.66. The molecule has 16 heavy (non-hydrogen) atoms. The molecule has 1 amide bonds. The average Bonchev–Trinajstić information content (AvgIpc) is 2.55. The van der Waals surface area contributed by atoms with Crippen LogP contribution in [0, 0.1) is 0 Å². The number of hydrogen-bond acceptors (Lipinski definition) is 2. The van der Waals surface area contributed by atoms with Crippen LogP contribution >= 0.6 is 0 Å². The van der Waals surface area contributed by atoms with E-state index in [1.807, 2.05) is 29.2 Å².